The quantitative estimate of drug-likeness (QED) is 0.838. The van der Waals surface area contributed by atoms with Gasteiger partial charge in [-0.3, -0.25) is 4.31 Å². The molecule has 0 aromatic heterocycles. The molecule has 0 amide bonds. The zero-order chi connectivity index (χ0) is 16.5. The molecule has 0 radical (unpaired) electrons. The van der Waals surface area contributed by atoms with E-state index in [1.165, 1.54) is 31.3 Å². The molecule has 0 saturated heterocycles. The molecule has 0 aliphatic heterocycles. The largest absolute Gasteiger partial charge is 0.545 e. The highest BCUT2D eigenvalue weighted by atomic mass is 35.5. The van der Waals surface area contributed by atoms with Crippen molar-refractivity contribution in [1.29, 1.82) is 0 Å². The van der Waals surface area contributed by atoms with E-state index < -0.39 is 16.0 Å². The van der Waals surface area contributed by atoms with Gasteiger partial charge in [-0.05, 0) is 42.0 Å². The Bertz CT molecular complexity index is 819. The highest BCUT2D eigenvalue weighted by Gasteiger charge is 2.24. The lowest BCUT2D eigenvalue weighted by Crippen LogP contribution is -2.28. The van der Waals surface area contributed by atoms with E-state index in [-0.39, 0.29) is 15.5 Å². The monoisotopic (exact) mass is 358 g/mol. The third-order valence-electron chi connectivity index (χ3n) is 3.00. The molecule has 0 spiro atoms. The summed E-state index contributed by atoms with van der Waals surface area (Å²) < 4.78 is 26.2. The number of anilines is 1. The van der Waals surface area contributed by atoms with E-state index in [1.54, 1.807) is 12.1 Å². The average molecular weight is 359 g/mol. The molecule has 0 unspecified atom stereocenters. The summed E-state index contributed by atoms with van der Waals surface area (Å²) in [6.45, 7) is 0. The van der Waals surface area contributed by atoms with E-state index in [1.807, 2.05) is 0 Å². The fraction of sp³-hybridized carbons (Fsp3) is 0.0714. The van der Waals surface area contributed by atoms with E-state index in [2.05, 4.69) is 0 Å². The van der Waals surface area contributed by atoms with Gasteiger partial charge in [-0.15, -0.1) is 0 Å². The highest BCUT2D eigenvalue weighted by Crippen LogP contribution is 2.28. The fourth-order valence-electron chi connectivity index (χ4n) is 1.77. The number of rotatable bonds is 4. The highest BCUT2D eigenvalue weighted by molar-refractivity contribution is 7.93. The van der Waals surface area contributed by atoms with Crippen LogP contribution in [0.3, 0.4) is 0 Å². The van der Waals surface area contributed by atoms with Gasteiger partial charge in [0.25, 0.3) is 10.0 Å². The summed E-state index contributed by atoms with van der Waals surface area (Å²) in [5, 5.41) is 11.3. The minimum absolute atomic E-state index is 0.0780. The summed E-state index contributed by atoms with van der Waals surface area (Å²) in [5.41, 5.74) is 0.0896. The molecule has 2 aromatic carbocycles. The molecule has 0 aliphatic rings. The van der Waals surface area contributed by atoms with Crippen LogP contribution in [0.15, 0.2) is 47.4 Å². The van der Waals surface area contributed by atoms with Crippen LogP contribution in [0.5, 0.6) is 0 Å². The van der Waals surface area contributed by atoms with Crippen LogP contribution < -0.4 is 9.41 Å². The summed E-state index contributed by atoms with van der Waals surface area (Å²) >= 11 is 11.7. The molecule has 8 heteroatoms. The predicted octanol–water partition coefficient (Wildman–Crippen LogP) is 2.18. The van der Waals surface area contributed by atoms with Crippen LogP contribution in [0, 0.1) is 0 Å². The summed E-state index contributed by atoms with van der Waals surface area (Å²) in [6, 6.07) is 9.49. The maximum Gasteiger partial charge on any atom is 0.265 e. The maximum atomic E-state index is 12.6. The molecule has 2 rings (SSSR count). The van der Waals surface area contributed by atoms with Gasteiger partial charge < -0.3 is 9.90 Å². The first-order valence-electron chi connectivity index (χ1n) is 5.99. The van der Waals surface area contributed by atoms with Crippen molar-refractivity contribution < 1.29 is 18.3 Å². The van der Waals surface area contributed by atoms with Gasteiger partial charge in [0.2, 0.25) is 0 Å². The zero-order valence-electron chi connectivity index (χ0n) is 11.3. The standard InChI is InChI=1S/C14H11Cl2NO4S/c1-17(11-5-3-10(15)4-6-11)22(20,21)13-8-9(14(18)19)2-7-12(13)16/h2-8H,1H3,(H,18,19)/p-1. The van der Waals surface area contributed by atoms with Crippen molar-refractivity contribution >= 4 is 44.9 Å². The first kappa shape index (κ1) is 16.6. The normalized spacial score (nSPS) is 11.2. The van der Waals surface area contributed by atoms with Crippen molar-refractivity contribution in [2.24, 2.45) is 0 Å². The second-order valence-corrected chi connectivity index (χ2v) is 7.16. The molecule has 0 heterocycles. The van der Waals surface area contributed by atoms with Crippen molar-refractivity contribution in [2.75, 3.05) is 11.4 Å². The van der Waals surface area contributed by atoms with Gasteiger partial charge in [-0.2, -0.15) is 0 Å². The Morgan fingerprint density at radius 2 is 1.68 bits per heavy atom. The van der Waals surface area contributed by atoms with Crippen LogP contribution in [0.25, 0.3) is 0 Å². The Morgan fingerprint density at radius 1 is 1.09 bits per heavy atom. The molecule has 0 atom stereocenters. The van der Waals surface area contributed by atoms with Crippen molar-refractivity contribution in [1.82, 2.24) is 0 Å². The predicted molar refractivity (Wildman–Crippen MR) is 82.8 cm³/mol. The van der Waals surface area contributed by atoms with Crippen molar-refractivity contribution in [3.63, 3.8) is 0 Å². The fourth-order valence-corrected chi connectivity index (χ4v) is 3.59. The van der Waals surface area contributed by atoms with Gasteiger partial charge in [0.15, 0.2) is 0 Å². The molecule has 2 aromatic rings. The second-order valence-electron chi connectivity index (χ2n) is 4.38. The second kappa shape index (κ2) is 6.16. The lowest BCUT2D eigenvalue weighted by molar-refractivity contribution is -0.255. The SMILES string of the molecule is CN(c1ccc(Cl)cc1)S(=O)(=O)c1cc(C(=O)[O-])ccc1Cl. The molecule has 0 saturated carbocycles. The Labute approximate surface area is 137 Å². The number of hydrogen-bond donors (Lipinski definition) is 0. The molecule has 116 valence electrons. The van der Waals surface area contributed by atoms with E-state index in [4.69, 9.17) is 23.2 Å². The number of halogens is 2. The topological polar surface area (TPSA) is 77.5 Å². The number of carbonyl (C=O) groups is 1. The van der Waals surface area contributed by atoms with Gasteiger partial charge in [0.05, 0.1) is 16.7 Å². The lowest BCUT2D eigenvalue weighted by Gasteiger charge is -2.20. The minimum atomic E-state index is -4.02. The van der Waals surface area contributed by atoms with Crippen LogP contribution in [0.1, 0.15) is 10.4 Å². The molecule has 22 heavy (non-hydrogen) atoms. The van der Waals surface area contributed by atoms with Gasteiger partial charge in [0.1, 0.15) is 4.90 Å². The number of carboxylic acid groups (broad SMARTS) is 1. The molecule has 0 bridgehead atoms. The van der Waals surface area contributed by atoms with Crippen LogP contribution in [0.2, 0.25) is 10.0 Å². The molecular weight excluding hydrogens is 349 g/mol. The van der Waals surface area contributed by atoms with E-state index >= 15 is 0 Å². The van der Waals surface area contributed by atoms with Crippen molar-refractivity contribution in [2.45, 2.75) is 4.90 Å². The molecule has 5 nitrogen and oxygen atoms in total. The van der Waals surface area contributed by atoms with Crippen LogP contribution in [-0.4, -0.2) is 21.4 Å². The first-order valence-corrected chi connectivity index (χ1v) is 8.18. The van der Waals surface area contributed by atoms with Gasteiger partial charge in [-0.25, -0.2) is 8.42 Å². The van der Waals surface area contributed by atoms with Gasteiger partial charge in [-0.1, -0.05) is 29.3 Å². The van der Waals surface area contributed by atoms with E-state index in [9.17, 15) is 18.3 Å². The van der Waals surface area contributed by atoms with E-state index in [0.29, 0.717) is 10.7 Å². The third kappa shape index (κ3) is 3.19. The number of hydrogen-bond acceptors (Lipinski definition) is 4. The number of nitrogens with zero attached hydrogens (tertiary/aromatic N) is 1. The summed E-state index contributed by atoms with van der Waals surface area (Å²) in [7, 11) is -2.69. The zero-order valence-corrected chi connectivity index (χ0v) is 13.6. The number of carboxylic acids is 1. The summed E-state index contributed by atoms with van der Waals surface area (Å²) in [5.74, 6) is -1.48. The van der Waals surface area contributed by atoms with E-state index in [0.717, 1.165) is 10.4 Å². The van der Waals surface area contributed by atoms with Crippen molar-refractivity contribution in [3.8, 4) is 0 Å². The average Bonchev–Trinajstić information content (AvgIpc) is 2.47. The maximum absolute atomic E-state index is 12.6. The minimum Gasteiger partial charge on any atom is -0.545 e. The smallest absolute Gasteiger partial charge is 0.265 e. The number of benzene rings is 2. The van der Waals surface area contributed by atoms with Crippen LogP contribution >= 0.6 is 23.2 Å². The third-order valence-corrected chi connectivity index (χ3v) is 5.51. The molecule has 0 aliphatic carbocycles. The Kier molecular flexibility index (Phi) is 4.65. The van der Waals surface area contributed by atoms with Gasteiger partial charge >= 0.3 is 0 Å². The summed E-state index contributed by atoms with van der Waals surface area (Å²) in [6.07, 6.45) is 0. The van der Waals surface area contributed by atoms with Gasteiger partial charge in [0, 0.05) is 12.1 Å². The first-order chi connectivity index (χ1) is 10.2. The number of aromatic carboxylic acids is 1. The summed E-state index contributed by atoms with van der Waals surface area (Å²) in [4.78, 5) is 10.6. The Hall–Kier alpha value is -1.76. The van der Waals surface area contributed by atoms with Crippen LogP contribution in [-0.2, 0) is 10.0 Å². The molecule has 0 fully saturated rings. The Morgan fingerprint density at radius 3 is 2.23 bits per heavy atom. The molecular formula is C14H10Cl2NO4S-. The lowest BCUT2D eigenvalue weighted by atomic mass is 10.2. The molecule has 0 N–H and O–H groups in total. The Balaban J connectivity index is 2.52. The van der Waals surface area contributed by atoms with Crippen molar-refractivity contribution in [3.05, 3.63) is 58.1 Å². The number of carbonyl (C=O) groups excluding carboxylic acids is 1. The number of sulfonamides is 1. The van der Waals surface area contributed by atoms with Crippen LogP contribution in [0.4, 0.5) is 5.69 Å².